The number of halogens is 1. The Kier molecular flexibility index (Phi) is 11.4. The lowest BCUT2D eigenvalue weighted by atomic mass is 9.97. The number of allylic oxidation sites excluding steroid dienone is 3. The molecule has 0 saturated carbocycles. The Morgan fingerprint density at radius 1 is 1.14 bits per heavy atom. The van der Waals surface area contributed by atoms with Crippen LogP contribution in [0.3, 0.4) is 0 Å². The molecule has 4 rings (SSSR count). The van der Waals surface area contributed by atoms with Crippen LogP contribution in [-0.4, -0.2) is 58.9 Å². The third kappa shape index (κ3) is 7.54. The van der Waals surface area contributed by atoms with Crippen molar-refractivity contribution in [2.24, 2.45) is 7.05 Å². The first-order valence-electron chi connectivity index (χ1n) is 11.8. The van der Waals surface area contributed by atoms with Gasteiger partial charge in [-0.2, -0.15) is 5.10 Å². The number of hydrogen-bond donors (Lipinski definition) is 1. The number of benzene rings is 1. The lowest BCUT2D eigenvalue weighted by molar-refractivity contribution is 0.239. The third-order valence-corrected chi connectivity index (χ3v) is 5.98. The average molecular weight is 509 g/mol. The molecule has 36 heavy (non-hydrogen) atoms. The normalized spacial score (nSPS) is 16.8. The van der Waals surface area contributed by atoms with Gasteiger partial charge in [-0.15, -0.1) is 6.58 Å². The Morgan fingerprint density at radius 3 is 2.36 bits per heavy atom. The molecule has 0 spiro atoms. The fraction of sp³-hybridized carbons (Fsp3) is 0.321. The molecule has 0 amide bonds. The highest BCUT2D eigenvalue weighted by atomic mass is 35.5. The summed E-state index contributed by atoms with van der Waals surface area (Å²) >= 11 is 6.04. The van der Waals surface area contributed by atoms with Crippen molar-refractivity contribution in [3.63, 3.8) is 0 Å². The average Bonchev–Trinajstić information content (AvgIpc) is 2.88. The topological polar surface area (TPSA) is 66.3 Å². The molecule has 1 saturated heterocycles. The van der Waals surface area contributed by atoms with Crippen molar-refractivity contribution in [3.05, 3.63) is 95.9 Å². The molecule has 2 unspecified atom stereocenters. The van der Waals surface area contributed by atoms with E-state index in [0.717, 1.165) is 24.5 Å². The molecule has 3 heterocycles. The van der Waals surface area contributed by atoms with Crippen molar-refractivity contribution in [1.82, 2.24) is 19.7 Å². The van der Waals surface area contributed by atoms with Gasteiger partial charge >= 0.3 is 0 Å². The Labute approximate surface area is 219 Å². The number of likely N-dealkylation sites (N-methyl/N-ethyl adjacent to an activating group) is 1. The van der Waals surface area contributed by atoms with Crippen LogP contribution in [0.25, 0.3) is 10.9 Å². The van der Waals surface area contributed by atoms with Gasteiger partial charge in [-0.05, 0) is 63.8 Å². The zero-order valence-electron chi connectivity index (χ0n) is 21.7. The molecule has 0 bridgehead atoms. The van der Waals surface area contributed by atoms with Gasteiger partial charge in [0.1, 0.15) is 5.52 Å². The van der Waals surface area contributed by atoms with Crippen LogP contribution in [0.5, 0.6) is 0 Å². The van der Waals surface area contributed by atoms with E-state index in [-0.39, 0.29) is 17.6 Å². The van der Waals surface area contributed by atoms with E-state index in [1.54, 1.807) is 43.6 Å². The predicted molar refractivity (Wildman–Crippen MR) is 154 cm³/mol. The molecule has 192 valence electrons. The summed E-state index contributed by atoms with van der Waals surface area (Å²) in [6, 6.07) is 12.0. The minimum atomic E-state index is -0.139. The van der Waals surface area contributed by atoms with E-state index in [4.69, 9.17) is 11.6 Å². The molecule has 1 aliphatic heterocycles. The summed E-state index contributed by atoms with van der Waals surface area (Å²) in [5.41, 5.74) is 1.65. The van der Waals surface area contributed by atoms with Gasteiger partial charge in [0.2, 0.25) is 0 Å². The predicted octanol–water partition coefficient (Wildman–Crippen LogP) is 5.15. The van der Waals surface area contributed by atoms with E-state index >= 15 is 0 Å². The summed E-state index contributed by atoms with van der Waals surface area (Å²) in [4.78, 5) is 21.4. The molecule has 1 N–H and O–H groups in total. The number of aromatic nitrogens is 3. The van der Waals surface area contributed by atoms with Crippen molar-refractivity contribution in [2.75, 3.05) is 37.4 Å². The summed E-state index contributed by atoms with van der Waals surface area (Å²) in [7, 11) is 5.86. The second-order valence-electron chi connectivity index (χ2n) is 8.55. The molecular weight excluding hydrogens is 472 g/mol. The number of nitrogens with one attached hydrogen (secondary N) is 1. The maximum atomic E-state index is 12.4. The molecule has 2 aromatic heterocycles. The molecule has 8 heteroatoms. The highest BCUT2D eigenvalue weighted by Crippen LogP contribution is 2.26. The van der Waals surface area contributed by atoms with Gasteiger partial charge in [0.15, 0.2) is 5.82 Å². The number of piperidine rings is 1. The highest BCUT2D eigenvalue weighted by molar-refractivity contribution is 6.30. The maximum Gasteiger partial charge on any atom is 0.276 e. The first kappa shape index (κ1) is 28.8. The minimum Gasteiger partial charge on any atom is -0.370 e. The van der Waals surface area contributed by atoms with Crippen LogP contribution < -0.4 is 15.8 Å². The fourth-order valence-corrected chi connectivity index (χ4v) is 4.09. The van der Waals surface area contributed by atoms with Crippen LogP contribution in [0, 0.1) is 0 Å². The van der Waals surface area contributed by atoms with Gasteiger partial charge in [-0.1, -0.05) is 43.0 Å². The van der Waals surface area contributed by atoms with Gasteiger partial charge < -0.3 is 15.1 Å². The Hall–Kier alpha value is -3.42. The van der Waals surface area contributed by atoms with Crippen molar-refractivity contribution in [1.29, 1.82) is 0 Å². The number of hydrogen-bond acceptors (Lipinski definition) is 6. The largest absolute Gasteiger partial charge is 0.370 e. The van der Waals surface area contributed by atoms with E-state index in [0.29, 0.717) is 16.7 Å². The quantitative estimate of drug-likeness (QED) is 0.379. The third-order valence-electron chi connectivity index (χ3n) is 5.73. The molecular formula is C28H37ClN6O. The molecule has 3 aromatic rings. The van der Waals surface area contributed by atoms with Gasteiger partial charge in [-0.25, -0.2) is 4.68 Å². The molecule has 0 aliphatic carbocycles. The first-order valence-corrected chi connectivity index (χ1v) is 12.2. The second-order valence-corrected chi connectivity index (χ2v) is 8.99. The summed E-state index contributed by atoms with van der Waals surface area (Å²) in [5.74, 6) is 0.652. The SMILES string of the molecule is C=CC.C=CC=C.CN(C)C1CN(c2ccc(Cl)cc2)CCC1Nc1nn(C)c(=O)c2cccnc12. The van der Waals surface area contributed by atoms with E-state index in [1.807, 2.05) is 19.1 Å². The van der Waals surface area contributed by atoms with Crippen LogP contribution in [0.4, 0.5) is 11.5 Å². The second kappa shape index (κ2) is 14.2. The fourth-order valence-electron chi connectivity index (χ4n) is 3.97. The lowest BCUT2D eigenvalue weighted by Crippen LogP contribution is -2.56. The van der Waals surface area contributed by atoms with E-state index in [1.165, 1.54) is 10.4 Å². The monoisotopic (exact) mass is 508 g/mol. The van der Waals surface area contributed by atoms with E-state index in [9.17, 15) is 4.79 Å². The van der Waals surface area contributed by atoms with Crippen molar-refractivity contribution in [2.45, 2.75) is 25.4 Å². The van der Waals surface area contributed by atoms with Gasteiger partial charge in [0, 0.05) is 49.1 Å². The van der Waals surface area contributed by atoms with Crippen molar-refractivity contribution < 1.29 is 0 Å². The zero-order chi connectivity index (χ0) is 26.7. The molecule has 7 nitrogen and oxygen atoms in total. The minimum absolute atomic E-state index is 0.139. The molecule has 1 aromatic carbocycles. The van der Waals surface area contributed by atoms with Crippen LogP contribution in [0.1, 0.15) is 13.3 Å². The number of anilines is 2. The smallest absolute Gasteiger partial charge is 0.276 e. The van der Waals surface area contributed by atoms with Gasteiger partial charge in [0.25, 0.3) is 5.56 Å². The summed E-state index contributed by atoms with van der Waals surface area (Å²) in [6.07, 6.45) is 7.66. The standard InChI is InChI=1S/C21H25ClN6O.C4H6.C3H6/c1-26(2)18-13-28(15-8-6-14(22)7-9-15)12-10-17(18)24-20-19-16(5-4-11-23-19)21(29)27(3)25-20;1-3-4-2;1-3-2/h4-9,11,17-18H,10,12-13H2,1-3H3,(H,24,25);3-4H,1-2H2;3H,1H2,2H3. The van der Waals surface area contributed by atoms with Crippen molar-refractivity contribution in [3.8, 4) is 0 Å². The summed E-state index contributed by atoms with van der Waals surface area (Å²) in [6.45, 7) is 13.8. The lowest BCUT2D eigenvalue weighted by Gasteiger charge is -2.43. The number of pyridine rings is 1. The van der Waals surface area contributed by atoms with Gasteiger partial charge in [-0.3, -0.25) is 9.78 Å². The van der Waals surface area contributed by atoms with E-state index in [2.05, 4.69) is 71.2 Å². The highest BCUT2D eigenvalue weighted by Gasteiger charge is 2.31. The zero-order valence-corrected chi connectivity index (χ0v) is 22.4. The van der Waals surface area contributed by atoms with Crippen LogP contribution in [0.2, 0.25) is 5.02 Å². The molecule has 1 aliphatic rings. The number of nitrogens with zero attached hydrogens (tertiary/aromatic N) is 5. The molecule has 1 fully saturated rings. The van der Waals surface area contributed by atoms with Gasteiger partial charge in [0.05, 0.1) is 5.39 Å². The van der Waals surface area contributed by atoms with Crippen LogP contribution in [0.15, 0.2) is 85.4 Å². The van der Waals surface area contributed by atoms with E-state index < -0.39 is 0 Å². The Bertz CT molecular complexity index is 1200. The summed E-state index contributed by atoms with van der Waals surface area (Å²) in [5, 5.41) is 9.36. The first-order chi connectivity index (χ1) is 17.3. The Morgan fingerprint density at radius 2 is 1.78 bits per heavy atom. The summed E-state index contributed by atoms with van der Waals surface area (Å²) < 4.78 is 1.37. The number of rotatable bonds is 5. The maximum absolute atomic E-state index is 12.4. The van der Waals surface area contributed by atoms with Crippen LogP contribution in [-0.2, 0) is 7.05 Å². The molecule has 2 atom stereocenters. The number of aryl methyl sites for hydroxylation is 1. The Balaban J connectivity index is 0.000000583. The molecule has 0 radical (unpaired) electrons. The van der Waals surface area contributed by atoms with Crippen molar-refractivity contribution >= 4 is 34.0 Å². The van der Waals surface area contributed by atoms with Crippen LogP contribution >= 0.6 is 11.6 Å². The number of fused-ring (bicyclic) bond motifs is 1.